The number of ether oxygens (including phenoxy) is 2. The molecule has 4 rings (SSSR count). The molecule has 4 aliphatic rings. The summed E-state index contributed by atoms with van der Waals surface area (Å²) in [5.74, 6) is -3.51. The van der Waals surface area contributed by atoms with E-state index < -0.39 is 52.4 Å². The summed E-state index contributed by atoms with van der Waals surface area (Å²) >= 11 is 0. The minimum atomic E-state index is -2.44. The van der Waals surface area contributed by atoms with E-state index in [1.54, 1.807) is 6.20 Å². The van der Waals surface area contributed by atoms with Crippen LogP contribution in [-0.2, 0) is 18.3 Å². The first-order valence-corrected chi connectivity index (χ1v) is 18.4. The summed E-state index contributed by atoms with van der Waals surface area (Å²) in [6.45, 7) is 23.1. The molecule has 3 N–H and O–H groups in total. The van der Waals surface area contributed by atoms with Crippen LogP contribution in [0.15, 0.2) is 11.8 Å². The maximum atomic E-state index is 16.3. The molecule has 35 heavy (non-hydrogen) atoms. The first-order chi connectivity index (χ1) is 15.6. The largest absolute Gasteiger partial charge is 0.408 e. The Hall–Kier alpha value is -0.826. The second kappa shape index (κ2) is 7.61. The number of rotatable bonds is 5. The van der Waals surface area contributed by atoms with Gasteiger partial charge in [-0.05, 0) is 48.8 Å². The summed E-state index contributed by atoms with van der Waals surface area (Å²) in [5.41, 5.74) is 5.82. The predicted molar refractivity (Wildman–Crippen MR) is 137 cm³/mol. The van der Waals surface area contributed by atoms with Crippen molar-refractivity contribution in [1.29, 1.82) is 0 Å². The standard InChI is InChI=1S/C24H44FN3O5Si2/c1-15-13-28(19(29)27-17(15)26)16-12-22(32-34(8,9)20(2,3)4)14-23(25)24(31-23,18(22)30-16)33-35(10,11)21(5,6)7/h13,16-18H,12,14,26H2,1-11H3,(H,27,29)/t16-,17?,18+,22-,23+,24+/m1/s1. The molecule has 3 aliphatic heterocycles. The van der Waals surface area contributed by atoms with Gasteiger partial charge in [0.1, 0.15) is 18.5 Å². The molecular weight excluding hydrogens is 485 g/mol. The number of fused-ring (bicyclic) bond motifs is 3. The highest BCUT2D eigenvalue weighted by atomic mass is 28.4. The Balaban J connectivity index is 1.74. The van der Waals surface area contributed by atoms with E-state index in [1.807, 2.05) is 6.92 Å². The van der Waals surface area contributed by atoms with E-state index in [-0.39, 0.29) is 22.5 Å². The van der Waals surface area contributed by atoms with Crippen LogP contribution in [0.5, 0.6) is 0 Å². The molecule has 2 amide bonds. The summed E-state index contributed by atoms with van der Waals surface area (Å²) < 4.78 is 42.3. The summed E-state index contributed by atoms with van der Waals surface area (Å²) in [6, 6.07) is -0.349. The van der Waals surface area contributed by atoms with Gasteiger partial charge in [-0.2, -0.15) is 0 Å². The Morgan fingerprint density at radius 2 is 1.66 bits per heavy atom. The van der Waals surface area contributed by atoms with Crippen LogP contribution in [0.2, 0.25) is 36.3 Å². The zero-order chi connectivity index (χ0) is 26.6. The second-order valence-corrected chi connectivity index (χ2v) is 23.3. The number of carbonyl (C=O) groups excluding carboxylic acids is 1. The number of amides is 2. The van der Waals surface area contributed by atoms with Gasteiger partial charge in [0.05, 0.1) is 5.60 Å². The SMILES string of the molecule is CC1=CN([C@H]2C[C@@]3(O[Si](C)(C)C(C)(C)C)C[C@]4(F)O[C@]4(O[Si](C)(C)C(C)(C)C)[C@H]3O2)C(=O)NC1N. The third kappa shape index (κ3) is 4.05. The number of halogens is 1. The van der Waals surface area contributed by atoms with Crippen molar-refractivity contribution < 1.29 is 27.5 Å². The number of nitrogens with one attached hydrogen (secondary N) is 1. The van der Waals surface area contributed by atoms with E-state index in [9.17, 15) is 4.79 Å². The fraction of sp³-hybridized carbons (Fsp3) is 0.875. The molecule has 3 fully saturated rings. The van der Waals surface area contributed by atoms with Crippen molar-refractivity contribution in [2.24, 2.45) is 5.73 Å². The zero-order valence-corrected chi connectivity index (χ0v) is 25.2. The Bertz CT molecular complexity index is 948. The summed E-state index contributed by atoms with van der Waals surface area (Å²) in [4.78, 5) is 14.4. The number of hydrogen-bond acceptors (Lipinski definition) is 6. The van der Waals surface area contributed by atoms with E-state index in [0.29, 0.717) is 6.42 Å². The van der Waals surface area contributed by atoms with Crippen LogP contribution in [0.25, 0.3) is 0 Å². The molecule has 0 aromatic heterocycles. The van der Waals surface area contributed by atoms with Crippen molar-refractivity contribution in [2.75, 3.05) is 0 Å². The van der Waals surface area contributed by atoms with Gasteiger partial charge in [-0.1, -0.05) is 41.5 Å². The summed E-state index contributed by atoms with van der Waals surface area (Å²) in [6.07, 6.45) is 0.0585. The molecule has 8 nitrogen and oxygen atoms in total. The quantitative estimate of drug-likeness (QED) is 0.389. The minimum Gasteiger partial charge on any atom is -0.408 e. The lowest BCUT2D eigenvalue weighted by Gasteiger charge is -2.45. The first-order valence-electron chi connectivity index (χ1n) is 12.6. The average Bonchev–Trinajstić information content (AvgIpc) is 2.94. The number of epoxide rings is 1. The van der Waals surface area contributed by atoms with Crippen LogP contribution in [0.1, 0.15) is 61.3 Å². The highest BCUT2D eigenvalue weighted by Gasteiger charge is 2.91. The Morgan fingerprint density at radius 3 is 2.20 bits per heavy atom. The molecule has 2 saturated heterocycles. The third-order valence-electron chi connectivity index (χ3n) is 9.09. The van der Waals surface area contributed by atoms with Crippen LogP contribution in [0.3, 0.4) is 0 Å². The number of urea groups is 1. The van der Waals surface area contributed by atoms with Crippen LogP contribution < -0.4 is 11.1 Å². The molecule has 3 heterocycles. The van der Waals surface area contributed by atoms with Crippen molar-refractivity contribution in [3.63, 3.8) is 0 Å². The zero-order valence-electron chi connectivity index (χ0n) is 23.2. The first kappa shape index (κ1) is 27.2. The van der Waals surface area contributed by atoms with Gasteiger partial charge in [0.15, 0.2) is 16.6 Å². The second-order valence-electron chi connectivity index (χ2n) is 13.8. The van der Waals surface area contributed by atoms with E-state index in [1.165, 1.54) is 4.90 Å². The number of alkyl halides is 1. The van der Waals surface area contributed by atoms with Crippen LogP contribution in [-0.4, -0.2) is 63.3 Å². The molecule has 6 atom stereocenters. The van der Waals surface area contributed by atoms with Crippen molar-refractivity contribution in [2.45, 2.75) is 133 Å². The predicted octanol–water partition coefficient (Wildman–Crippen LogP) is 4.89. The third-order valence-corrected chi connectivity index (χ3v) is 18.0. The molecule has 0 aromatic rings. The van der Waals surface area contributed by atoms with Crippen molar-refractivity contribution in [3.8, 4) is 0 Å². The lowest BCUT2D eigenvalue weighted by molar-refractivity contribution is -0.148. The fourth-order valence-corrected chi connectivity index (χ4v) is 7.82. The number of hydrogen-bond donors (Lipinski definition) is 2. The molecule has 0 radical (unpaired) electrons. The lowest BCUT2D eigenvalue weighted by Crippen LogP contribution is -2.57. The molecular formula is C24H44FN3O5Si2. The summed E-state index contributed by atoms with van der Waals surface area (Å²) in [5, 5.41) is 2.51. The van der Waals surface area contributed by atoms with Gasteiger partial charge in [0.25, 0.3) is 11.6 Å². The monoisotopic (exact) mass is 529 g/mol. The highest BCUT2D eigenvalue weighted by Crippen LogP contribution is 2.71. The molecule has 1 unspecified atom stereocenters. The van der Waals surface area contributed by atoms with Crippen molar-refractivity contribution >= 4 is 22.7 Å². The molecule has 0 aromatic carbocycles. The van der Waals surface area contributed by atoms with E-state index in [4.69, 9.17) is 24.1 Å². The highest BCUT2D eigenvalue weighted by molar-refractivity contribution is 6.74. The van der Waals surface area contributed by atoms with Gasteiger partial charge in [-0.15, -0.1) is 0 Å². The van der Waals surface area contributed by atoms with Crippen molar-refractivity contribution in [1.82, 2.24) is 10.2 Å². The van der Waals surface area contributed by atoms with Gasteiger partial charge in [0.2, 0.25) is 0 Å². The lowest BCUT2D eigenvalue weighted by atomic mass is 9.96. The number of carbonyl (C=O) groups is 1. The Labute approximate surface area is 211 Å². The van der Waals surface area contributed by atoms with E-state index in [0.717, 1.165) is 5.57 Å². The van der Waals surface area contributed by atoms with E-state index in [2.05, 4.69) is 73.0 Å². The minimum absolute atomic E-state index is 0.0139. The average molecular weight is 530 g/mol. The Morgan fingerprint density at radius 1 is 1.11 bits per heavy atom. The van der Waals surface area contributed by atoms with Crippen molar-refractivity contribution in [3.05, 3.63) is 11.8 Å². The smallest absolute Gasteiger partial charge is 0.325 e. The molecule has 11 heteroatoms. The van der Waals surface area contributed by atoms with Crippen LogP contribution in [0.4, 0.5) is 9.18 Å². The maximum Gasteiger partial charge on any atom is 0.325 e. The topological polar surface area (TPSA) is 98.6 Å². The van der Waals surface area contributed by atoms with Gasteiger partial charge < -0.3 is 29.4 Å². The fourth-order valence-electron chi connectivity index (χ4n) is 4.87. The molecule has 1 aliphatic carbocycles. The number of nitrogens with zero attached hydrogens (tertiary/aromatic N) is 1. The molecule has 0 spiro atoms. The van der Waals surface area contributed by atoms with E-state index >= 15 is 4.39 Å². The van der Waals surface area contributed by atoms with Crippen LogP contribution in [0, 0.1) is 0 Å². The van der Waals surface area contributed by atoms with Crippen LogP contribution >= 0.6 is 0 Å². The maximum absolute atomic E-state index is 16.3. The molecule has 200 valence electrons. The molecule has 1 saturated carbocycles. The molecule has 0 bridgehead atoms. The van der Waals surface area contributed by atoms with Gasteiger partial charge >= 0.3 is 6.03 Å². The Kier molecular flexibility index (Phi) is 5.92. The van der Waals surface area contributed by atoms with Gasteiger partial charge in [0, 0.05) is 19.0 Å². The van der Waals surface area contributed by atoms with Gasteiger partial charge in [-0.25, -0.2) is 9.18 Å². The normalized spacial score (nSPS) is 39.8. The number of nitrogens with two attached hydrogens (primary N) is 1. The summed E-state index contributed by atoms with van der Waals surface area (Å²) in [7, 11) is -4.80. The van der Waals surface area contributed by atoms with Gasteiger partial charge in [-0.3, -0.25) is 4.90 Å².